The van der Waals surface area contributed by atoms with Gasteiger partial charge in [0.15, 0.2) is 5.92 Å². The van der Waals surface area contributed by atoms with Crippen molar-refractivity contribution in [3.8, 4) is 0 Å². The van der Waals surface area contributed by atoms with Gasteiger partial charge in [-0.25, -0.2) is 4.98 Å². The number of aromatic nitrogens is 2. The second-order valence-electron chi connectivity index (χ2n) is 7.91. The molecule has 4 aromatic rings. The van der Waals surface area contributed by atoms with Crippen LogP contribution >= 0.6 is 11.6 Å². The van der Waals surface area contributed by atoms with E-state index in [4.69, 9.17) is 21.3 Å². The van der Waals surface area contributed by atoms with Crippen molar-refractivity contribution in [3.05, 3.63) is 95.0 Å². The summed E-state index contributed by atoms with van der Waals surface area (Å²) in [7, 11) is 0. The molecule has 0 bridgehead atoms. The summed E-state index contributed by atoms with van der Waals surface area (Å²) in [5.74, 6) is -1.44. The zero-order valence-corrected chi connectivity index (χ0v) is 18.8. The van der Waals surface area contributed by atoms with Gasteiger partial charge >= 0.3 is 5.97 Å². The molecule has 1 aliphatic heterocycles. The fraction of sp³-hybridized carbons (Fsp3) is 0.192. The van der Waals surface area contributed by atoms with Gasteiger partial charge in [-0.3, -0.25) is 14.5 Å². The third-order valence-electron chi connectivity index (χ3n) is 5.88. The van der Waals surface area contributed by atoms with Crippen LogP contribution in [0, 0.1) is 5.92 Å². The molecule has 1 amide bonds. The van der Waals surface area contributed by atoms with E-state index in [1.54, 1.807) is 24.0 Å². The standard InChI is InChI=1S/C26H22ClN3O3/c1-2-33-25(32)22-23(18-12-14-19(27)15-13-18)30-21-11-7-6-10-20(21)28-26(30)29(24(22)31)16-17-8-4-3-5-9-17/h3-15,22-23H,2,16H2,1H3/t22-,23+/m1/s1. The molecule has 0 saturated carbocycles. The normalized spacial score (nSPS) is 17.8. The number of halogens is 1. The minimum Gasteiger partial charge on any atom is -0.465 e. The molecule has 7 heteroatoms. The van der Waals surface area contributed by atoms with Crippen molar-refractivity contribution in [1.82, 2.24) is 9.55 Å². The Balaban J connectivity index is 1.75. The summed E-state index contributed by atoms with van der Waals surface area (Å²) >= 11 is 6.13. The SMILES string of the molecule is CCOC(=O)[C@H]1C(=O)N(Cc2ccccc2)c2nc3ccccc3n2[C@H]1c1ccc(Cl)cc1. The van der Waals surface area contributed by atoms with E-state index in [0.29, 0.717) is 17.5 Å². The van der Waals surface area contributed by atoms with Crippen LogP contribution < -0.4 is 4.90 Å². The zero-order chi connectivity index (χ0) is 22.9. The second kappa shape index (κ2) is 8.71. The maximum Gasteiger partial charge on any atom is 0.321 e. The first-order chi connectivity index (χ1) is 16.1. The molecule has 0 radical (unpaired) electrons. The summed E-state index contributed by atoms with van der Waals surface area (Å²) in [6.07, 6.45) is 0. The third-order valence-corrected chi connectivity index (χ3v) is 6.13. The molecule has 5 rings (SSSR count). The molecule has 3 aromatic carbocycles. The van der Waals surface area contributed by atoms with E-state index in [9.17, 15) is 9.59 Å². The van der Waals surface area contributed by atoms with E-state index < -0.39 is 17.9 Å². The van der Waals surface area contributed by atoms with Crippen molar-refractivity contribution < 1.29 is 14.3 Å². The van der Waals surface area contributed by atoms with Gasteiger partial charge in [0.25, 0.3) is 0 Å². The molecule has 2 heterocycles. The number of carbonyl (C=O) groups is 2. The summed E-state index contributed by atoms with van der Waals surface area (Å²) in [5.41, 5.74) is 3.32. The van der Waals surface area contributed by atoms with E-state index >= 15 is 0 Å². The lowest BCUT2D eigenvalue weighted by Gasteiger charge is -2.38. The molecule has 33 heavy (non-hydrogen) atoms. The van der Waals surface area contributed by atoms with Crippen LogP contribution in [0.15, 0.2) is 78.9 Å². The Bertz CT molecular complexity index is 1320. The first kappa shape index (κ1) is 21.2. The van der Waals surface area contributed by atoms with Gasteiger partial charge in [-0.15, -0.1) is 0 Å². The number of hydrogen-bond donors (Lipinski definition) is 0. The van der Waals surface area contributed by atoms with Crippen LogP contribution in [-0.4, -0.2) is 28.0 Å². The molecule has 1 aliphatic rings. The van der Waals surface area contributed by atoms with E-state index in [-0.39, 0.29) is 12.5 Å². The van der Waals surface area contributed by atoms with E-state index in [2.05, 4.69) is 0 Å². The van der Waals surface area contributed by atoms with Gasteiger partial charge in [0, 0.05) is 5.02 Å². The number of imidazole rings is 1. The van der Waals surface area contributed by atoms with Crippen molar-refractivity contribution in [2.45, 2.75) is 19.5 Å². The van der Waals surface area contributed by atoms with Crippen LogP contribution in [0.4, 0.5) is 5.95 Å². The van der Waals surface area contributed by atoms with Gasteiger partial charge < -0.3 is 9.30 Å². The number of ether oxygens (including phenoxy) is 1. The minimum atomic E-state index is -1.06. The Morgan fingerprint density at radius 3 is 2.42 bits per heavy atom. The van der Waals surface area contributed by atoms with Crippen LogP contribution in [0.5, 0.6) is 0 Å². The Morgan fingerprint density at radius 1 is 1.00 bits per heavy atom. The molecule has 2 atom stereocenters. The van der Waals surface area contributed by atoms with Gasteiger partial charge in [0.1, 0.15) is 0 Å². The smallest absolute Gasteiger partial charge is 0.321 e. The molecule has 1 aromatic heterocycles. The zero-order valence-electron chi connectivity index (χ0n) is 18.0. The Kier molecular flexibility index (Phi) is 5.60. The highest BCUT2D eigenvalue weighted by molar-refractivity contribution is 6.30. The third kappa shape index (κ3) is 3.76. The summed E-state index contributed by atoms with van der Waals surface area (Å²) in [5, 5.41) is 0.579. The van der Waals surface area contributed by atoms with Crippen molar-refractivity contribution in [1.29, 1.82) is 0 Å². The van der Waals surface area contributed by atoms with Gasteiger partial charge in [0.2, 0.25) is 11.9 Å². The van der Waals surface area contributed by atoms with E-state index in [0.717, 1.165) is 22.2 Å². The van der Waals surface area contributed by atoms with Crippen LogP contribution in [0.1, 0.15) is 24.1 Å². The number of para-hydroxylation sites is 2. The second-order valence-corrected chi connectivity index (χ2v) is 8.34. The number of anilines is 1. The van der Waals surface area contributed by atoms with Crippen LogP contribution in [0.3, 0.4) is 0 Å². The van der Waals surface area contributed by atoms with Crippen LogP contribution in [0.2, 0.25) is 5.02 Å². The number of esters is 1. The summed E-state index contributed by atoms with van der Waals surface area (Å²) in [6.45, 7) is 2.22. The topological polar surface area (TPSA) is 64.4 Å². The van der Waals surface area contributed by atoms with Gasteiger partial charge in [0.05, 0.1) is 30.2 Å². The summed E-state index contributed by atoms with van der Waals surface area (Å²) < 4.78 is 7.36. The largest absolute Gasteiger partial charge is 0.465 e. The maximum atomic E-state index is 13.9. The Morgan fingerprint density at radius 2 is 1.70 bits per heavy atom. The number of nitrogens with zero attached hydrogens (tertiary/aromatic N) is 3. The number of rotatable bonds is 5. The fourth-order valence-corrected chi connectivity index (χ4v) is 4.55. The van der Waals surface area contributed by atoms with E-state index in [1.807, 2.05) is 71.3 Å². The van der Waals surface area contributed by atoms with Crippen LogP contribution in [0.25, 0.3) is 11.0 Å². The fourth-order valence-electron chi connectivity index (χ4n) is 4.42. The maximum absolute atomic E-state index is 13.9. The minimum absolute atomic E-state index is 0.187. The van der Waals surface area contributed by atoms with Gasteiger partial charge in [-0.1, -0.05) is 66.2 Å². The molecule has 0 spiro atoms. The monoisotopic (exact) mass is 459 g/mol. The lowest BCUT2D eigenvalue weighted by molar-refractivity contribution is -0.153. The number of hydrogen-bond acceptors (Lipinski definition) is 4. The average Bonchev–Trinajstić information content (AvgIpc) is 3.21. The lowest BCUT2D eigenvalue weighted by atomic mass is 9.89. The molecule has 0 fully saturated rings. The highest BCUT2D eigenvalue weighted by atomic mass is 35.5. The first-order valence-electron chi connectivity index (χ1n) is 10.8. The highest BCUT2D eigenvalue weighted by Crippen LogP contribution is 2.42. The molecule has 0 N–H and O–H groups in total. The number of benzene rings is 3. The molecule has 0 aliphatic carbocycles. The Hall–Kier alpha value is -3.64. The van der Waals surface area contributed by atoms with Crippen LogP contribution in [-0.2, 0) is 20.9 Å². The van der Waals surface area contributed by atoms with Crippen molar-refractivity contribution in [2.24, 2.45) is 5.92 Å². The predicted octanol–water partition coefficient (Wildman–Crippen LogP) is 5.01. The number of amides is 1. The van der Waals surface area contributed by atoms with Crippen molar-refractivity contribution >= 4 is 40.5 Å². The number of carbonyl (C=O) groups excluding carboxylic acids is 2. The van der Waals surface area contributed by atoms with Gasteiger partial charge in [-0.05, 0) is 42.3 Å². The van der Waals surface area contributed by atoms with Gasteiger partial charge in [-0.2, -0.15) is 0 Å². The summed E-state index contributed by atoms with van der Waals surface area (Å²) in [6, 6.07) is 24.0. The predicted molar refractivity (Wildman–Crippen MR) is 127 cm³/mol. The average molecular weight is 460 g/mol. The molecule has 0 unspecified atom stereocenters. The summed E-state index contributed by atoms with van der Waals surface area (Å²) in [4.78, 5) is 33.5. The first-order valence-corrected chi connectivity index (χ1v) is 11.2. The molecule has 6 nitrogen and oxygen atoms in total. The Labute approximate surface area is 196 Å². The molecule has 0 saturated heterocycles. The number of fused-ring (bicyclic) bond motifs is 3. The van der Waals surface area contributed by atoms with E-state index in [1.165, 1.54) is 0 Å². The quantitative estimate of drug-likeness (QED) is 0.311. The molecule has 166 valence electrons. The molecular weight excluding hydrogens is 438 g/mol. The van der Waals surface area contributed by atoms with Crippen molar-refractivity contribution in [2.75, 3.05) is 11.5 Å². The lowest BCUT2D eigenvalue weighted by Crippen LogP contribution is -2.49. The van der Waals surface area contributed by atoms with Crippen molar-refractivity contribution in [3.63, 3.8) is 0 Å². The highest BCUT2D eigenvalue weighted by Gasteiger charge is 2.47. The molecular formula is C26H22ClN3O3.